The van der Waals surface area contributed by atoms with Gasteiger partial charge in [-0.3, -0.25) is 4.65 Å². The van der Waals surface area contributed by atoms with Crippen molar-refractivity contribution >= 4 is 29.1 Å². The third kappa shape index (κ3) is 1.07. The van der Waals surface area contributed by atoms with Gasteiger partial charge in [0, 0.05) is 6.07 Å². The molecule has 1 aliphatic rings. The molecule has 0 saturated carbocycles. The van der Waals surface area contributed by atoms with Gasteiger partial charge in [0.15, 0.2) is 12.0 Å². The highest BCUT2D eigenvalue weighted by atomic mass is 16.5. The second-order valence-corrected chi connectivity index (χ2v) is 3.33. The van der Waals surface area contributed by atoms with Crippen molar-refractivity contribution in [2.75, 3.05) is 18.0 Å². The van der Waals surface area contributed by atoms with Crippen molar-refractivity contribution in [3.05, 3.63) is 17.3 Å². The lowest BCUT2D eigenvalue weighted by Crippen LogP contribution is -2.39. The van der Waals surface area contributed by atoms with Gasteiger partial charge in [0.25, 0.3) is 0 Å². The van der Waals surface area contributed by atoms with Gasteiger partial charge in [0.2, 0.25) is 0 Å². The normalized spacial score (nSPS) is 23.9. The van der Waals surface area contributed by atoms with Crippen molar-refractivity contribution < 1.29 is 0 Å². The topological polar surface area (TPSA) is 87.5 Å². The number of quaternary nitrogens is 1. The van der Waals surface area contributed by atoms with E-state index in [0.29, 0.717) is 29.3 Å². The minimum Gasteiger partial charge on any atom is -0.621 e. The molecule has 5 nitrogen and oxygen atoms in total. The van der Waals surface area contributed by atoms with Gasteiger partial charge in [-0.1, -0.05) is 0 Å². The molecule has 1 aromatic carbocycles. The fraction of sp³-hybridized carbons (Fsp3) is 0.222. The van der Waals surface area contributed by atoms with Crippen molar-refractivity contribution in [2.45, 2.75) is 6.92 Å². The van der Waals surface area contributed by atoms with E-state index in [1.807, 2.05) is 0 Å². The van der Waals surface area contributed by atoms with Gasteiger partial charge in [-0.2, -0.15) is 4.99 Å². The molecule has 0 bridgehead atoms. The minimum absolute atomic E-state index is 0.403. The van der Waals surface area contributed by atoms with Gasteiger partial charge in [0.1, 0.15) is 5.69 Å². The summed E-state index contributed by atoms with van der Waals surface area (Å²) in [6, 6.07) is 3.24. The van der Waals surface area contributed by atoms with Crippen LogP contribution in [0.2, 0.25) is 0 Å². The van der Waals surface area contributed by atoms with E-state index in [1.165, 1.54) is 6.34 Å². The quantitative estimate of drug-likeness (QED) is 0.400. The van der Waals surface area contributed by atoms with Crippen molar-refractivity contribution in [3.63, 3.8) is 0 Å². The fourth-order valence-corrected chi connectivity index (χ4v) is 1.49. The summed E-state index contributed by atoms with van der Waals surface area (Å²) in [6.07, 6.45) is 1.36. The molecule has 0 saturated heterocycles. The molecule has 0 amide bonds. The molecule has 0 aliphatic carbocycles. The van der Waals surface area contributed by atoms with Gasteiger partial charge < -0.3 is 16.7 Å². The zero-order valence-electron chi connectivity index (χ0n) is 7.90. The SMILES string of the molecule is CC[N+]1([O-])C=Nc2cc(N)c(N)cc21. The predicted octanol–water partition coefficient (Wildman–Crippen LogP) is 1.35. The Morgan fingerprint density at radius 2 is 2.00 bits per heavy atom. The van der Waals surface area contributed by atoms with E-state index in [0.717, 1.165) is 0 Å². The van der Waals surface area contributed by atoms with Gasteiger partial charge in [-0.05, 0) is 13.0 Å². The van der Waals surface area contributed by atoms with Crippen LogP contribution in [0.25, 0.3) is 0 Å². The Labute approximate surface area is 81.8 Å². The number of benzene rings is 1. The maximum Gasteiger partial charge on any atom is 0.195 e. The van der Waals surface area contributed by atoms with Crippen molar-refractivity contribution in [1.29, 1.82) is 0 Å². The van der Waals surface area contributed by atoms with E-state index in [2.05, 4.69) is 4.99 Å². The van der Waals surface area contributed by atoms with E-state index in [-0.39, 0.29) is 0 Å². The summed E-state index contributed by atoms with van der Waals surface area (Å²) in [5.41, 5.74) is 13.3. The Kier molecular flexibility index (Phi) is 1.73. The standard InChI is InChI=1S/C9H12N4O/c1-2-13(14)5-12-8-3-6(10)7(11)4-9(8)13/h3-5H,2,10-11H2,1H3. The molecule has 5 heteroatoms. The summed E-state index contributed by atoms with van der Waals surface area (Å²) in [5, 5.41) is 12.0. The molecule has 1 atom stereocenters. The Morgan fingerprint density at radius 1 is 1.36 bits per heavy atom. The number of aliphatic imine (C=N–C) groups is 1. The molecule has 2 rings (SSSR count). The molecular formula is C9H12N4O. The van der Waals surface area contributed by atoms with Crippen molar-refractivity contribution in [1.82, 2.24) is 4.65 Å². The lowest BCUT2D eigenvalue weighted by molar-refractivity contribution is 0.597. The molecule has 0 radical (unpaired) electrons. The molecule has 1 heterocycles. The van der Waals surface area contributed by atoms with Crippen LogP contribution in [0.1, 0.15) is 6.92 Å². The van der Waals surface area contributed by atoms with Crippen LogP contribution < -0.4 is 16.1 Å². The molecule has 0 aromatic heterocycles. The summed E-state index contributed by atoms with van der Waals surface area (Å²) >= 11 is 0. The molecule has 74 valence electrons. The van der Waals surface area contributed by atoms with Crippen LogP contribution in [0.3, 0.4) is 0 Å². The van der Waals surface area contributed by atoms with Crippen molar-refractivity contribution in [3.8, 4) is 0 Å². The first-order valence-electron chi connectivity index (χ1n) is 4.40. The average Bonchev–Trinajstić information content (AvgIpc) is 2.47. The second kappa shape index (κ2) is 2.70. The Balaban J connectivity index is 2.61. The molecular weight excluding hydrogens is 180 g/mol. The van der Waals surface area contributed by atoms with Crippen LogP contribution in [0, 0.1) is 5.21 Å². The van der Waals surface area contributed by atoms with Crippen LogP contribution in [0.5, 0.6) is 0 Å². The van der Waals surface area contributed by atoms with Crippen molar-refractivity contribution in [2.24, 2.45) is 4.99 Å². The predicted molar refractivity (Wildman–Crippen MR) is 59.1 cm³/mol. The smallest absolute Gasteiger partial charge is 0.195 e. The highest BCUT2D eigenvalue weighted by Crippen LogP contribution is 2.40. The van der Waals surface area contributed by atoms with Crippen LogP contribution >= 0.6 is 0 Å². The minimum atomic E-state index is -0.556. The molecule has 14 heavy (non-hydrogen) atoms. The second-order valence-electron chi connectivity index (χ2n) is 3.33. The monoisotopic (exact) mass is 192 g/mol. The molecule has 1 unspecified atom stereocenters. The number of anilines is 2. The molecule has 0 fully saturated rings. The number of fused-ring (bicyclic) bond motifs is 1. The van der Waals surface area contributed by atoms with Gasteiger partial charge in [-0.15, -0.1) is 0 Å². The number of nitrogens with zero attached hydrogens (tertiary/aromatic N) is 2. The third-order valence-corrected chi connectivity index (χ3v) is 2.44. The fourth-order valence-electron chi connectivity index (χ4n) is 1.49. The number of hydrogen-bond donors (Lipinski definition) is 2. The maximum atomic E-state index is 12.0. The Bertz CT molecular complexity index is 416. The van der Waals surface area contributed by atoms with E-state index < -0.39 is 4.65 Å². The maximum absolute atomic E-state index is 12.0. The van der Waals surface area contributed by atoms with Crippen LogP contribution in [0.15, 0.2) is 17.1 Å². The number of hydroxylamine groups is 2. The zero-order chi connectivity index (χ0) is 10.3. The highest BCUT2D eigenvalue weighted by molar-refractivity contribution is 5.93. The molecule has 4 N–H and O–H groups in total. The number of nitrogen functional groups attached to an aromatic ring is 2. The molecule has 0 spiro atoms. The Morgan fingerprint density at radius 3 is 2.64 bits per heavy atom. The zero-order valence-corrected chi connectivity index (χ0v) is 7.90. The molecule has 1 aromatic rings. The van der Waals surface area contributed by atoms with E-state index >= 15 is 0 Å². The number of hydrogen-bond acceptors (Lipinski definition) is 4. The number of rotatable bonds is 1. The first-order valence-corrected chi connectivity index (χ1v) is 4.40. The summed E-state index contributed by atoms with van der Waals surface area (Å²) in [7, 11) is 0. The van der Waals surface area contributed by atoms with Gasteiger partial charge >= 0.3 is 0 Å². The van der Waals surface area contributed by atoms with Gasteiger partial charge in [-0.25, -0.2) is 0 Å². The summed E-state index contributed by atoms with van der Waals surface area (Å²) < 4.78 is -0.556. The van der Waals surface area contributed by atoms with E-state index in [1.54, 1.807) is 19.1 Å². The largest absolute Gasteiger partial charge is 0.621 e. The Hall–Kier alpha value is -1.59. The van der Waals surface area contributed by atoms with E-state index in [9.17, 15) is 5.21 Å². The van der Waals surface area contributed by atoms with Crippen LogP contribution in [0.4, 0.5) is 22.7 Å². The first kappa shape index (κ1) is 8.98. The summed E-state index contributed by atoms with van der Waals surface area (Å²) in [5.74, 6) is 0. The van der Waals surface area contributed by atoms with Crippen LogP contribution in [-0.4, -0.2) is 12.9 Å². The highest BCUT2D eigenvalue weighted by Gasteiger charge is 2.27. The average molecular weight is 192 g/mol. The lowest BCUT2D eigenvalue weighted by Gasteiger charge is -2.33. The summed E-state index contributed by atoms with van der Waals surface area (Å²) in [6.45, 7) is 2.21. The lowest BCUT2D eigenvalue weighted by atomic mass is 10.2. The molecule has 1 aliphatic heterocycles. The van der Waals surface area contributed by atoms with Crippen LogP contribution in [-0.2, 0) is 0 Å². The summed E-state index contributed by atoms with van der Waals surface area (Å²) in [4.78, 5) is 4.02. The first-order chi connectivity index (χ1) is 6.57. The van der Waals surface area contributed by atoms with Gasteiger partial charge in [0.05, 0.1) is 17.9 Å². The third-order valence-electron chi connectivity index (χ3n) is 2.44. The number of nitrogens with two attached hydrogens (primary N) is 2. The van der Waals surface area contributed by atoms with E-state index in [4.69, 9.17) is 11.5 Å².